The van der Waals surface area contributed by atoms with Crippen LogP contribution in [-0.2, 0) is 5.41 Å². The number of benzene rings is 9. The minimum Gasteiger partial charge on any atom is -0.310 e. The molecular formula is C59H48N2. The smallest absolute Gasteiger partial charge is 0.0540 e. The van der Waals surface area contributed by atoms with Crippen LogP contribution in [0.15, 0.2) is 218 Å². The van der Waals surface area contributed by atoms with Crippen molar-refractivity contribution in [2.75, 3.05) is 9.80 Å². The largest absolute Gasteiger partial charge is 0.310 e. The van der Waals surface area contributed by atoms with Crippen molar-refractivity contribution < 1.29 is 0 Å². The summed E-state index contributed by atoms with van der Waals surface area (Å²) < 4.78 is 0. The Hall–Kier alpha value is -7.42. The number of hydrogen-bond acceptors (Lipinski definition) is 2. The van der Waals surface area contributed by atoms with E-state index in [1.807, 2.05) is 0 Å². The number of aryl methyl sites for hydroxylation is 1. The molecule has 0 bridgehead atoms. The van der Waals surface area contributed by atoms with Gasteiger partial charge >= 0.3 is 0 Å². The van der Waals surface area contributed by atoms with Gasteiger partial charge in [0.25, 0.3) is 0 Å². The molecule has 2 heteroatoms. The van der Waals surface area contributed by atoms with Crippen molar-refractivity contribution in [2.45, 2.75) is 33.1 Å². The van der Waals surface area contributed by atoms with Gasteiger partial charge in [0.05, 0.1) is 5.69 Å². The highest BCUT2D eigenvalue weighted by molar-refractivity contribution is 5.99. The second-order valence-corrected chi connectivity index (χ2v) is 16.6. The number of rotatable bonds is 9. The molecule has 1 aliphatic rings. The van der Waals surface area contributed by atoms with Crippen LogP contribution in [0.3, 0.4) is 0 Å². The van der Waals surface area contributed by atoms with Crippen molar-refractivity contribution in [1.29, 1.82) is 0 Å². The van der Waals surface area contributed by atoms with Gasteiger partial charge in [0.15, 0.2) is 0 Å². The molecule has 0 aliphatic heterocycles. The lowest BCUT2D eigenvalue weighted by Gasteiger charge is -2.29. The molecule has 294 valence electrons. The first-order chi connectivity index (χ1) is 29.9. The molecule has 0 atom stereocenters. The molecule has 1 aliphatic carbocycles. The van der Waals surface area contributed by atoms with E-state index in [0.29, 0.717) is 0 Å². The Balaban J connectivity index is 1.06. The van der Waals surface area contributed by atoms with Gasteiger partial charge in [0.1, 0.15) is 0 Å². The van der Waals surface area contributed by atoms with E-state index < -0.39 is 0 Å². The van der Waals surface area contributed by atoms with Crippen LogP contribution >= 0.6 is 0 Å². The van der Waals surface area contributed by atoms with Gasteiger partial charge < -0.3 is 9.80 Å². The highest BCUT2D eigenvalue weighted by Gasteiger charge is 2.37. The Labute approximate surface area is 360 Å². The highest BCUT2D eigenvalue weighted by atomic mass is 15.1. The van der Waals surface area contributed by atoms with E-state index in [4.69, 9.17) is 0 Å². The van der Waals surface area contributed by atoms with Crippen molar-refractivity contribution in [3.05, 3.63) is 246 Å². The van der Waals surface area contributed by atoms with Crippen molar-refractivity contribution in [2.24, 2.45) is 0 Å². The molecule has 0 fully saturated rings. The molecule has 9 aromatic carbocycles. The summed E-state index contributed by atoms with van der Waals surface area (Å²) in [6, 6.07) is 77.5. The van der Waals surface area contributed by atoms with Crippen molar-refractivity contribution in [1.82, 2.24) is 0 Å². The zero-order valence-electron chi connectivity index (χ0n) is 35.2. The second kappa shape index (κ2) is 15.6. The summed E-state index contributed by atoms with van der Waals surface area (Å²) in [5, 5.41) is 2.45. The average molecular weight is 785 g/mol. The van der Waals surface area contributed by atoms with Gasteiger partial charge in [-0.3, -0.25) is 0 Å². The quantitative estimate of drug-likeness (QED) is 0.144. The Kier molecular flexibility index (Phi) is 9.70. The minimum atomic E-state index is -0.251. The van der Waals surface area contributed by atoms with Gasteiger partial charge in [0.2, 0.25) is 0 Å². The van der Waals surface area contributed by atoms with Crippen LogP contribution < -0.4 is 9.80 Å². The van der Waals surface area contributed by atoms with Gasteiger partial charge in [-0.05, 0) is 142 Å². The molecule has 2 nitrogen and oxygen atoms in total. The number of fused-ring (bicyclic) bond motifs is 4. The highest BCUT2D eigenvalue weighted by Crippen LogP contribution is 2.53. The third-order valence-electron chi connectivity index (χ3n) is 12.6. The predicted octanol–water partition coefficient (Wildman–Crippen LogP) is 16.5. The molecule has 0 unspecified atom stereocenters. The van der Waals surface area contributed by atoms with E-state index in [0.717, 1.165) is 28.4 Å². The summed E-state index contributed by atoms with van der Waals surface area (Å²) in [5.74, 6) is 0. The average Bonchev–Trinajstić information content (AvgIpc) is 3.53. The first-order valence-electron chi connectivity index (χ1n) is 21.3. The molecule has 10 rings (SSSR count). The first-order valence-corrected chi connectivity index (χ1v) is 21.3. The summed E-state index contributed by atoms with van der Waals surface area (Å²) in [7, 11) is 0. The third kappa shape index (κ3) is 6.81. The normalized spacial score (nSPS) is 12.8. The van der Waals surface area contributed by atoms with Gasteiger partial charge in [-0.2, -0.15) is 0 Å². The van der Waals surface area contributed by atoms with E-state index in [2.05, 4.69) is 256 Å². The number of anilines is 6. The van der Waals surface area contributed by atoms with Crippen LogP contribution in [0, 0.1) is 6.92 Å². The van der Waals surface area contributed by atoms with Crippen LogP contribution in [0.25, 0.3) is 38.6 Å². The molecule has 0 saturated heterocycles. The predicted molar refractivity (Wildman–Crippen MR) is 260 cm³/mol. The number of para-hydroxylation sites is 1. The number of hydrogen-bond donors (Lipinski definition) is 0. The maximum absolute atomic E-state index is 2.43. The molecular weight excluding hydrogens is 737 g/mol. The van der Waals surface area contributed by atoms with Crippen LogP contribution in [0.1, 0.15) is 48.6 Å². The van der Waals surface area contributed by atoms with Crippen molar-refractivity contribution in [3.63, 3.8) is 0 Å². The summed E-state index contributed by atoms with van der Waals surface area (Å²) >= 11 is 0. The fourth-order valence-corrected chi connectivity index (χ4v) is 9.42. The molecule has 61 heavy (non-hydrogen) atoms. The topological polar surface area (TPSA) is 6.48 Å². The number of nitrogens with zero attached hydrogens (tertiary/aromatic N) is 2. The maximum Gasteiger partial charge on any atom is 0.0540 e. The summed E-state index contributed by atoms with van der Waals surface area (Å²) in [4.78, 5) is 4.82. The zero-order chi connectivity index (χ0) is 41.5. The van der Waals surface area contributed by atoms with Gasteiger partial charge in [0, 0.05) is 39.2 Å². The molecule has 0 N–H and O–H groups in total. The molecule has 0 saturated carbocycles. The molecule has 0 spiro atoms. The molecule has 0 aromatic heterocycles. The van der Waals surface area contributed by atoms with Crippen LogP contribution in [-0.4, -0.2) is 0 Å². The summed E-state index contributed by atoms with van der Waals surface area (Å²) in [6.45, 7) is 9.08. The standard InChI is InChI=1S/C59H48N2/c1-5-51(52-24-14-12-17-41(52)2)45-29-33-48(34-30-45)60(47-31-27-43(28-32-47)42-18-8-6-9-19-42)49-35-37-54-55-38-36-50(40-57(55)59(3,4)56(54)39-49)61(46-22-10-7-11-23-46)58-26-16-21-44-20-13-15-25-53(44)58/h5-40H,1-4H3/b51-5-. The van der Waals surface area contributed by atoms with E-state index in [1.54, 1.807) is 0 Å². The molecule has 0 heterocycles. The maximum atomic E-state index is 2.43. The molecule has 9 aromatic rings. The SMILES string of the molecule is C/C=C(/c1ccc(N(c2ccc(-c3ccccc3)cc2)c2ccc3c(c2)C(C)(C)c2cc(N(c4ccccc4)c4cccc5ccccc45)ccc2-3)cc1)c1ccccc1C. The van der Waals surface area contributed by atoms with Crippen molar-refractivity contribution >= 4 is 50.5 Å². The van der Waals surface area contributed by atoms with E-state index >= 15 is 0 Å². The summed E-state index contributed by atoms with van der Waals surface area (Å²) in [6.07, 6.45) is 2.23. The fraction of sp³-hybridized carbons (Fsp3) is 0.0847. The van der Waals surface area contributed by atoms with E-state index in [9.17, 15) is 0 Å². The lowest BCUT2D eigenvalue weighted by atomic mass is 9.82. The zero-order valence-corrected chi connectivity index (χ0v) is 35.2. The second-order valence-electron chi connectivity index (χ2n) is 16.6. The Bertz CT molecular complexity index is 3040. The van der Waals surface area contributed by atoms with E-state index in [-0.39, 0.29) is 5.41 Å². The Morgan fingerprint density at radius 1 is 0.443 bits per heavy atom. The fourth-order valence-electron chi connectivity index (χ4n) is 9.42. The monoisotopic (exact) mass is 784 g/mol. The Morgan fingerprint density at radius 3 is 1.61 bits per heavy atom. The lowest BCUT2D eigenvalue weighted by Crippen LogP contribution is -2.17. The minimum absolute atomic E-state index is 0.251. The molecule has 0 amide bonds. The van der Waals surface area contributed by atoms with Crippen LogP contribution in [0.4, 0.5) is 34.1 Å². The van der Waals surface area contributed by atoms with E-state index in [1.165, 1.54) is 72.1 Å². The van der Waals surface area contributed by atoms with Gasteiger partial charge in [-0.25, -0.2) is 0 Å². The van der Waals surface area contributed by atoms with Gasteiger partial charge in [-0.1, -0.05) is 166 Å². The van der Waals surface area contributed by atoms with Crippen molar-refractivity contribution in [3.8, 4) is 22.3 Å². The molecule has 0 radical (unpaired) electrons. The summed E-state index contributed by atoms with van der Waals surface area (Å²) in [5.41, 5.74) is 19.2. The first kappa shape index (κ1) is 37.8. The Morgan fingerprint density at radius 2 is 0.951 bits per heavy atom. The lowest BCUT2D eigenvalue weighted by molar-refractivity contribution is 0.660. The third-order valence-corrected chi connectivity index (χ3v) is 12.6. The van der Waals surface area contributed by atoms with Crippen LogP contribution in [0.2, 0.25) is 0 Å². The number of allylic oxidation sites excluding steroid dienone is 1. The van der Waals surface area contributed by atoms with Gasteiger partial charge in [-0.15, -0.1) is 0 Å². The van der Waals surface area contributed by atoms with Crippen LogP contribution in [0.5, 0.6) is 0 Å².